The van der Waals surface area contributed by atoms with E-state index < -0.39 is 4.75 Å². The highest BCUT2D eigenvalue weighted by atomic mass is 32.2. The van der Waals surface area contributed by atoms with Crippen molar-refractivity contribution in [3.05, 3.63) is 59.2 Å². The number of ether oxygens (including phenoxy) is 1. The second-order valence-electron chi connectivity index (χ2n) is 10.5. The fourth-order valence-electron chi connectivity index (χ4n) is 4.63. The Morgan fingerprint density at radius 2 is 1.89 bits per heavy atom. The van der Waals surface area contributed by atoms with Crippen LogP contribution in [0.4, 0.5) is 10.5 Å². The second-order valence-corrected chi connectivity index (χ2v) is 12.1. The second kappa shape index (κ2) is 10.7. The molecule has 0 radical (unpaired) electrons. The lowest BCUT2D eigenvalue weighted by molar-refractivity contribution is -0.131. The van der Waals surface area contributed by atoms with E-state index in [1.54, 1.807) is 21.0 Å². The van der Waals surface area contributed by atoms with Crippen LogP contribution in [0, 0.1) is 5.92 Å². The zero-order valence-corrected chi connectivity index (χ0v) is 23.6. The molecular formula is C29H36N4O3S. The molecular weight excluding hydrogens is 484 g/mol. The van der Waals surface area contributed by atoms with E-state index in [9.17, 15) is 9.59 Å². The fourth-order valence-corrected chi connectivity index (χ4v) is 5.54. The minimum Gasteiger partial charge on any atom is -0.497 e. The third kappa shape index (κ3) is 5.59. The van der Waals surface area contributed by atoms with Crippen molar-refractivity contribution in [2.45, 2.75) is 65.2 Å². The molecule has 2 aliphatic rings. The normalized spacial score (nSPS) is 17.7. The van der Waals surface area contributed by atoms with Gasteiger partial charge in [-0.05, 0) is 87.7 Å². The van der Waals surface area contributed by atoms with Gasteiger partial charge in [-0.3, -0.25) is 14.6 Å². The molecule has 196 valence electrons. The average Bonchev–Trinajstić information content (AvgIpc) is 2.85. The minimum absolute atomic E-state index is 0.127. The zero-order chi connectivity index (χ0) is 26.9. The molecule has 0 atom stereocenters. The molecule has 0 fully saturated rings. The van der Waals surface area contributed by atoms with E-state index in [1.807, 2.05) is 38.1 Å². The molecule has 0 aromatic heterocycles. The lowest BCUT2D eigenvalue weighted by atomic mass is 9.93. The van der Waals surface area contributed by atoms with Crippen LogP contribution in [-0.2, 0) is 11.2 Å². The van der Waals surface area contributed by atoms with Gasteiger partial charge >= 0.3 is 5.24 Å². The molecule has 2 amide bonds. The maximum absolute atomic E-state index is 12.7. The van der Waals surface area contributed by atoms with Crippen molar-refractivity contribution in [1.29, 1.82) is 0 Å². The van der Waals surface area contributed by atoms with Crippen molar-refractivity contribution in [1.82, 2.24) is 5.01 Å². The Bertz CT molecular complexity index is 1270. The number of nitrogens with zero attached hydrogens (tertiary/aromatic N) is 4. The smallest absolute Gasteiger partial charge is 0.310 e. The van der Waals surface area contributed by atoms with Gasteiger partial charge in [0, 0.05) is 29.8 Å². The number of carbonyl (C=O) groups is 2. The van der Waals surface area contributed by atoms with Crippen LogP contribution in [0.2, 0.25) is 0 Å². The van der Waals surface area contributed by atoms with Crippen molar-refractivity contribution < 1.29 is 14.3 Å². The van der Waals surface area contributed by atoms with Crippen LogP contribution >= 0.6 is 11.8 Å². The van der Waals surface area contributed by atoms with E-state index in [1.165, 1.54) is 5.56 Å². The number of benzene rings is 2. The first kappa shape index (κ1) is 26.9. The summed E-state index contributed by atoms with van der Waals surface area (Å²) in [6.45, 7) is 12.5. The molecule has 0 unspecified atom stereocenters. The number of methoxy groups -OCH3 is 1. The van der Waals surface area contributed by atoms with E-state index in [-0.39, 0.29) is 23.1 Å². The van der Waals surface area contributed by atoms with E-state index in [0.717, 1.165) is 70.3 Å². The van der Waals surface area contributed by atoms with Gasteiger partial charge in [0.2, 0.25) is 0 Å². The highest BCUT2D eigenvalue weighted by Crippen LogP contribution is 2.38. The Hall–Kier alpha value is -3.13. The molecule has 8 heteroatoms. The molecule has 7 nitrogen and oxygen atoms in total. The zero-order valence-electron chi connectivity index (χ0n) is 22.7. The van der Waals surface area contributed by atoms with Crippen molar-refractivity contribution in [3.8, 4) is 5.75 Å². The highest BCUT2D eigenvalue weighted by molar-refractivity contribution is 8.15. The van der Waals surface area contributed by atoms with E-state index in [0.29, 0.717) is 0 Å². The summed E-state index contributed by atoms with van der Waals surface area (Å²) in [5.41, 5.74) is 4.99. The summed E-state index contributed by atoms with van der Waals surface area (Å²) >= 11 is 1.14. The minimum atomic E-state index is -0.557. The molecule has 0 N–H and O–H groups in total. The Labute approximate surface area is 224 Å². The predicted molar refractivity (Wildman–Crippen MR) is 152 cm³/mol. The lowest BCUT2D eigenvalue weighted by Crippen LogP contribution is -2.44. The van der Waals surface area contributed by atoms with Gasteiger partial charge in [-0.2, -0.15) is 10.1 Å². The van der Waals surface area contributed by atoms with Gasteiger partial charge in [0.25, 0.3) is 5.91 Å². The summed E-state index contributed by atoms with van der Waals surface area (Å²) in [5, 5.41) is 5.31. The number of anilines is 1. The van der Waals surface area contributed by atoms with Crippen molar-refractivity contribution >= 4 is 40.1 Å². The summed E-state index contributed by atoms with van der Waals surface area (Å²) in [6.07, 6.45) is 1.92. The number of hydrazone groups is 1. The maximum Gasteiger partial charge on any atom is 0.310 e. The summed E-state index contributed by atoms with van der Waals surface area (Å²) in [6, 6.07) is 14.5. The predicted octanol–water partition coefficient (Wildman–Crippen LogP) is 6.14. The topological polar surface area (TPSA) is 74.6 Å². The number of amides is 2. The molecule has 0 aliphatic carbocycles. The Morgan fingerprint density at radius 1 is 1.14 bits per heavy atom. The molecule has 0 saturated carbocycles. The molecule has 2 heterocycles. The maximum atomic E-state index is 12.7. The largest absolute Gasteiger partial charge is 0.497 e. The molecule has 37 heavy (non-hydrogen) atoms. The molecule has 0 spiro atoms. The van der Waals surface area contributed by atoms with Gasteiger partial charge in [0.15, 0.2) is 0 Å². The first-order chi connectivity index (χ1) is 17.5. The number of hydrogen-bond donors (Lipinski definition) is 0. The number of amidine groups is 1. The number of thioether (sulfide) groups is 1. The van der Waals surface area contributed by atoms with Gasteiger partial charge < -0.3 is 9.64 Å². The first-order valence-electron chi connectivity index (χ1n) is 12.8. The van der Waals surface area contributed by atoms with Gasteiger partial charge in [0.1, 0.15) is 11.6 Å². The fraction of sp³-hybridized carbons (Fsp3) is 0.448. The van der Waals surface area contributed by atoms with Crippen LogP contribution in [0.15, 0.2) is 52.6 Å². The number of hydrogen-bond acceptors (Lipinski definition) is 6. The number of aryl methyl sites for hydroxylation is 1. The van der Waals surface area contributed by atoms with Crippen molar-refractivity contribution in [2.75, 3.05) is 18.6 Å². The Morgan fingerprint density at radius 3 is 2.57 bits per heavy atom. The standard InChI is InChI=1S/C29H36N4O3S/c1-18(2)27(34)33-28(35)37-29(5,6)25(31-33)21-13-14-24-20(16-21)11-9-15-32(24)26(30-19(3)4)22-10-8-12-23(17-22)36-7/h8,10,12-14,16-19H,9,11,15H2,1-7H3. The third-order valence-electron chi connectivity index (χ3n) is 6.42. The van der Waals surface area contributed by atoms with E-state index in [2.05, 4.69) is 42.0 Å². The summed E-state index contributed by atoms with van der Waals surface area (Å²) in [7, 11) is 1.67. The van der Waals surface area contributed by atoms with Crippen molar-refractivity contribution in [3.63, 3.8) is 0 Å². The Balaban J connectivity index is 1.77. The number of aliphatic imine (C=N–C) groups is 1. The van der Waals surface area contributed by atoms with Crippen LogP contribution in [0.3, 0.4) is 0 Å². The third-order valence-corrected chi connectivity index (χ3v) is 7.48. The number of rotatable bonds is 5. The molecule has 0 saturated heterocycles. The van der Waals surface area contributed by atoms with Crippen molar-refractivity contribution in [2.24, 2.45) is 16.0 Å². The van der Waals surface area contributed by atoms with Gasteiger partial charge in [-0.1, -0.05) is 32.0 Å². The molecule has 4 rings (SSSR count). The summed E-state index contributed by atoms with van der Waals surface area (Å²) in [5.74, 6) is 1.12. The van der Waals surface area contributed by atoms with Crippen LogP contribution in [-0.4, -0.2) is 52.1 Å². The SMILES string of the molecule is COc1cccc(C(=NC(C)C)N2CCCc3cc(C4=NN(C(=O)C(C)C)C(=O)SC4(C)C)ccc32)c1. The van der Waals surface area contributed by atoms with Crippen LogP contribution in [0.1, 0.15) is 64.7 Å². The summed E-state index contributed by atoms with van der Waals surface area (Å²) in [4.78, 5) is 32.7. The van der Waals surface area contributed by atoms with E-state index in [4.69, 9.17) is 9.73 Å². The molecule has 2 aromatic rings. The molecule has 2 aliphatic heterocycles. The highest BCUT2D eigenvalue weighted by Gasteiger charge is 2.40. The van der Waals surface area contributed by atoms with Gasteiger partial charge in [0.05, 0.1) is 17.6 Å². The quantitative estimate of drug-likeness (QED) is 0.350. The van der Waals surface area contributed by atoms with Gasteiger partial charge in [-0.25, -0.2) is 0 Å². The van der Waals surface area contributed by atoms with Crippen LogP contribution < -0.4 is 9.64 Å². The lowest BCUT2D eigenvalue weighted by Gasteiger charge is -2.35. The monoisotopic (exact) mass is 520 g/mol. The molecule has 2 aromatic carbocycles. The van der Waals surface area contributed by atoms with E-state index >= 15 is 0 Å². The first-order valence-corrected chi connectivity index (χ1v) is 13.6. The average molecular weight is 521 g/mol. The number of imide groups is 1. The van der Waals surface area contributed by atoms with Gasteiger partial charge in [-0.15, -0.1) is 0 Å². The van der Waals surface area contributed by atoms with Crippen LogP contribution in [0.5, 0.6) is 5.75 Å². The number of fused-ring (bicyclic) bond motifs is 1. The van der Waals surface area contributed by atoms with Crippen LogP contribution in [0.25, 0.3) is 0 Å². The Kier molecular flexibility index (Phi) is 7.78. The number of carbonyl (C=O) groups excluding carboxylic acids is 2. The molecule has 0 bridgehead atoms. The summed E-state index contributed by atoms with van der Waals surface area (Å²) < 4.78 is 4.92.